The number of hydrogen-bond donors (Lipinski definition) is 2. The predicted molar refractivity (Wildman–Crippen MR) is 106 cm³/mol. The molecule has 0 aromatic heterocycles. The molecule has 0 radical (unpaired) electrons. The zero-order chi connectivity index (χ0) is 18.3. The number of benzene rings is 1. The van der Waals surface area contributed by atoms with Crippen LogP contribution in [0.1, 0.15) is 31.2 Å². The van der Waals surface area contributed by atoms with Gasteiger partial charge in [-0.1, -0.05) is 17.7 Å². The summed E-state index contributed by atoms with van der Waals surface area (Å²) in [5.74, 6) is 0.337. The van der Waals surface area contributed by atoms with Crippen LogP contribution >= 0.6 is 12.4 Å². The molecule has 1 aliphatic heterocycles. The Morgan fingerprint density at radius 2 is 1.96 bits per heavy atom. The third kappa shape index (κ3) is 6.87. The standard InChI is InChI=1S/C18H29N3O3S.ClH/c1-15-7-9-17(10-8-15)25(23,24)20-13-16-5-4-12-21(14-16)18(22)6-3-11-19-2;/h7-10,16,19-20H,3-6,11-14H2,1-2H3;1H. The van der Waals surface area contributed by atoms with E-state index in [2.05, 4.69) is 10.0 Å². The Balaban J connectivity index is 0.00000338. The van der Waals surface area contributed by atoms with Gasteiger partial charge >= 0.3 is 0 Å². The van der Waals surface area contributed by atoms with Crippen LogP contribution in [0.15, 0.2) is 29.2 Å². The van der Waals surface area contributed by atoms with Gasteiger partial charge in [0.2, 0.25) is 15.9 Å². The molecule has 1 unspecified atom stereocenters. The highest BCUT2D eigenvalue weighted by atomic mass is 35.5. The third-order valence-corrected chi connectivity index (χ3v) is 6.02. The van der Waals surface area contributed by atoms with Crippen molar-refractivity contribution in [3.8, 4) is 0 Å². The van der Waals surface area contributed by atoms with Crippen molar-refractivity contribution >= 4 is 28.3 Å². The van der Waals surface area contributed by atoms with Gasteiger partial charge in [0.1, 0.15) is 0 Å². The zero-order valence-electron chi connectivity index (χ0n) is 15.5. The molecule has 1 aliphatic rings. The predicted octanol–water partition coefficient (Wildman–Crippen LogP) is 1.93. The number of nitrogens with one attached hydrogen (secondary N) is 2. The van der Waals surface area contributed by atoms with Gasteiger partial charge in [0.25, 0.3) is 0 Å². The number of rotatable bonds is 8. The number of nitrogens with zero attached hydrogens (tertiary/aromatic N) is 1. The van der Waals surface area contributed by atoms with Crippen LogP contribution in [0.5, 0.6) is 0 Å². The van der Waals surface area contributed by atoms with Crippen molar-refractivity contribution < 1.29 is 13.2 Å². The lowest BCUT2D eigenvalue weighted by Crippen LogP contribution is -2.43. The minimum Gasteiger partial charge on any atom is -0.342 e. The lowest BCUT2D eigenvalue weighted by Gasteiger charge is -2.33. The fourth-order valence-electron chi connectivity index (χ4n) is 3.06. The Morgan fingerprint density at radius 1 is 1.27 bits per heavy atom. The van der Waals surface area contributed by atoms with Crippen LogP contribution in [0.4, 0.5) is 0 Å². The SMILES string of the molecule is CNCCCC(=O)N1CCCC(CNS(=O)(=O)c2ccc(C)cc2)C1.Cl. The average Bonchev–Trinajstić information content (AvgIpc) is 2.61. The van der Waals surface area contributed by atoms with Crippen LogP contribution in [0.3, 0.4) is 0 Å². The fraction of sp³-hybridized carbons (Fsp3) is 0.611. The summed E-state index contributed by atoms with van der Waals surface area (Å²) in [6.45, 7) is 4.54. The third-order valence-electron chi connectivity index (χ3n) is 4.58. The van der Waals surface area contributed by atoms with E-state index < -0.39 is 10.0 Å². The summed E-state index contributed by atoms with van der Waals surface area (Å²) >= 11 is 0. The van der Waals surface area contributed by atoms with Gasteiger partial charge in [-0.05, 0) is 57.8 Å². The summed E-state index contributed by atoms with van der Waals surface area (Å²) in [6, 6.07) is 6.83. The van der Waals surface area contributed by atoms with Gasteiger partial charge in [0.15, 0.2) is 0 Å². The topological polar surface area (TPSA) is 78.5 Å². The van der Waals surface area contributed by atoms with Crippen LogP contribution in [0, 0.1) is 12.8 Å². The second kappa shape index (κ2) is 10.9. The van der Waals surface area contributed by atoms with E-state index in [0.29, 0.717) is 19.5 Å². The minimum atomic E-state index is -3.49. The number of halogens is 1. The lowest BCUT2D eigenvalue weighted by molar-refractivity contribution is -0.133. The van der Waals surface area contributed by atoms with Crippen molar-refractivity contribution in [1.29, 1.82) is 0 Å². The number of aryl methyl sites for hydroxylation is 1. The zero-order valence-corrected chi connectivity index (χ0v) is 17.2. The van der Waals surface area contributed by atoms with Crippen molar-refractivity contribution in [2.45, 2.75) is 37.5 Å². The largest absolute Gasteiger partial charge is 0.342 e. The number of hydrogen-bond acceptors (Lipinski definition) is 4. The Labute approximate surface area is 163 Å². The molecule has 26 heavy (non-hydrogen) atoms. The molecule has 8 heteroatoms. The number of carbonyl (C=O) groups excluding carboxylic acids is 1. The average molecular weight is 404 g/mol. The molecule has 1 fully saturated rings. The van der Waals surface area contributed by atoms with E-state index in [-0.39, 0.29) is 29.1 Å². The van der Waals surface area contributed by atoms with Gasteiger partial charge in [0.05, 0.1) is 4.90 Å². The number of amides is 1. The van der Waals surface area contributed by atoms with Crippen molar-refractivity contribution in [3.63, 3.8) is 0 Å². The second-order valence-corrected chi connectivity index (χ2v) is 8.49. The molecule has 0 aliphatic carbocycles. The first-order chi connectivity index (χ1) is 11.9. The molecule has 0 spiro atoms. The molecule has 2 N–H and O–H groups in total. The molecular formula is C18H30ClN3O3S. The van der Waals surface area contributed by atoms with Gasteiger partial charge in [-0.2, -0.15) is 0 Å². The first-order valence-electron chi connectivity index (χ1n) is 8.91. The Bertz CT molecular complexity index is 665. The highest BCUT2D eigenvalue weighted by Gasteiger charge is 2.25. The summed E-state index contributed by atoms with van der Waals surface area (Å²) in [5, 5.41) is 3.04. The Morgan fingerprint density at radius 3 is 2.62 bits per heavy atom. The lowest BCUT2D eigenvalue weighted by atomic mass is 9.98. The highest BCUT2D eigenvalue weighted by Crippen LogP contribution is 2.18. The molecule has 6 nitrogen and oxygen atoms in total. The van der Waals surface area contributed by atoms with Crippen LogP contribution in [-0.2, 0) is 14.8 Å². The molecule has 1 saturated heterocycles. The van der Waals surface area contributed by atoms with Crippen molar-refractivity contribution in [1.82, 2.24) is 14.9 Å². The normalized spacial score (nSPS) is 17.6. The number of likely N-dealkylation sites (tertiary alicyclic amines) is 1. The monoisotopic (exact) mass is 403 g/mol. The van der Waals surface area contributed by atoms with E-state index in [4.69, 9.17) is 0 Å². The van der Waals surface area contributed by atoms with Crippen molar-refractivity contribution in [2.75, 3.05) is 33.2 Å². The first kappa shape index (κ1) is 22.9. The molecule has 148 valence electrons. The van der Waals surface area contributed by atoms with Gasteiger partial charge in [-0.15, -0.1) is 12.4 Å². The van der Waals surface area contributed by atoms with Crippen molar-refractivity contribution in [3.05, 3.63) is 29.8 Å². The molecular weight excluding hydrogens is 374 g/mol. The Kier molecular flexibility index (Phi) is 9.57. The number of piperidine rings is 1. The fourth-order valence-corrected chi connectivity index (χ4v) is 4.18. The summed E-state index contributed by atoms with van der Waals surface area (Å²) in [4.78, 5) is 14.4. The molecule has 1 atom stereocenters. The summed E-state index contributed by atoms with van der Waals surface area (Å²) in [5.41, 5.74) is 1.03. The molecule has 1 amide bonds. The summed E-state index contributed by atoms with van der Waals surface area (Å²) < 4.78 is 27.5. The molecule has 2 rings (SSSR count). The van der Waals surface area contributed by atoms with E-state index in [1.807, 2.05) is 18.9 Å². The quantitative estimate of drug-likeness (QED) is 0.650. The van der Waals surface area contributed by atoms with Crippen molar-refractivity contribution in [2.24, 2.45) is 5.92 Å². The first-order valence-corrected chi connectivity index (χ1v) is 10.4. The van der Waals surface area contributed by atoms with Gasteiger partial charge in [-0.25, -0.2) is 13.1 Å². The number of sulfonamides is 1. The molecule has 1 heterocycles. The van der Waals surface area contributed by atoms with E-state index >= 15 is 0 Å². The molecule has 1 aromatic carbocycles. The van der Waals surface area contributed by atoms with Crippen LogP contribution in [0.25, 0.3) is 0 Å². The molecule has 1 aromatic rings. The minimum absolute atomic E-state index is 0. The second-order valence-electron chi connectivity index (χ2n) is 6.72. The van der Waals surface area contributed by atoms with E-state index in [1.165, 1.54) is 0 Å². The highest BCUT2D eigenvalue weighted by molar-refractivity contribution is 7.89. The maximum Gasteiger partial charge on any atom is 0.240 e. The van der Waals surface area contributed by atoms with E-state index in [0.717, 1.165) is 37.9 Å². The summed E-state index contributed by atoms with van der Waals surface area (Å²) in [7, 11) is -1.62. The van der Waals surface area contributed by atoms with Gasteiger partial charge in [0, 0.05) is 26.1 Å². The molecule has 0 bridgehead atoms. The smallest absolute Gasteiger partial charge is 0.240 e. The van der Waals surface area contributed by atoms with Gasteiger partial charge < -0.3 is 10.2 Å². The Hall–Kier alpha value is -1.15. The van der Waals surface area contributed by atoms with Crippen LogP contribution < -0.4 is 10.0 Å². The maximum absolute atomic E-state index is 12.4. The van der Waals surface area contributed by atoms with E-state index in [1.54, 1.807) is 24.3 Å². The van der Waals surface area contributed by atoms with E-state index in [9.17, 15) is 13.2 Å². The molecule has 0 saturated carbocycles. The maximum atomic E-state index is 12.4. The van der Waals surface area contributed by atoms with Gasteiger partial charge in [-0.3, -0.25) is 4.79 Å². The van der Waals surface area contributed by atoms with Crippen LogP contribution in [-0.4, -0.2) is 52.5 Å². The number of carbonyl (C=O) groups is 1. The van der Waals surface area contributed by atoms with Crippen LogP contribution in [0.2, 0.25) is 0 Å². The summed E-state index contributed by atoms with van der Waals surface area (Å²) in [6.07, 6.45) is 3.24.